The summed E-state index contributed by atoms with van der Waals surface area (Å²) in [5.74, 6) is 2.02. The van der Waals surface area contributed by atoms with Gasteiger partial charge in [0.1, 0.15) is 11.4 Å². The minimum atomic E-state index is 0.0498. The van der Waals surface area contributed by atoms with Crippen LogP contribution in [0.4, 0.5) is 0 Å². The average molecular weight is 391 g/mol. The largest absolute Gasteiger partial charge is 0.493 e. The molecule has 1 saturated heterocycles. The maximum absolute atomic E-state index is 12.8. The molecule has 0 unspecified atom stereocenters. The molecule has 2 aliphatic rings. The van der Waals surface area contributed by atoms with Crippen LogP contribution in [-0.2, 0) is 17.6 Å². The standard InChI is InChI=1S/C21H21N5O3/c27-19(11-14-3-4-18-15(10-14)2-1-9-28-18)26-8-5-16(13-26)20-24-25-21(29-20)17-12-22-6-7-23-17/h3-4,6-7,10,12,16H,1-2,5,8-9,11,13H2/t16-/m0/s1. The Kier molecular flexibility index (Phi) is 4.67. The van der Waals surface area contributed by atoms with Gasteiger partial charge in [-0.15, -0.1) is 10.2 Å². The van der Waals surface area contributed by atoms with Gasteiger partial charge in [-0.3, -0.25) is 9.78 Å². The van der Waals surface area contributed by atoms with Gasteiger partial charge in [-0.2, -0.15) is 0 Å². The summed E-state index contributed by atoms with van der Waals surface area (Å²) in [6, 6.07) is 6.07. The summed E-state index contributed by atoms with van der Waals surface area (Å²) in [6.07, 6.45) is 8.01. The van der Waals surface area contributed by atoms with Gasteiger partial charge in [0.05, 0.1) is 25.1 Å². The number of carbonyl (C=O) groups is 1. The maximum atomic E-state index is 12.8. The van der Waals surface area contributed by atoms with Crippen LogP contribution in [0.2, 0.25) is 0 Å². The molecule has 4 heterocycles. The quantitative estimate of drug-likeness (QED) is 0.674. The minimum absolute atomic E-state index is 0.0498. The van der Waals surface area contributed by atoms with Crippen LogP contribution in [0.5, 0.6) is 5.75 Å². The molecule has 0 spiro atoms. The zero-order valence-electron chi connectivity index (χ0n) is 16.0. The highest BCUT2D eigenvalue weighted by Crippen LogP contribution is 2.29. The maximum Gasteiger partial charge on any atom is 0.267 e. The number of hydrogen-bond donors (Lipinski definition) is 0. The van der Waals surface area contributed by atoms with Crippen molar-refractivity contribution in [2.45, 2.75) is 31.6 Å². The summed E-state index contributed by atoms with van der Waals surface area (Å²) in [6.45, 7) is 2.06. The summed E-state index contributed by atoms with van der Waals surface area (Å²) < 4.78 is 11.4. The summed E-state index contributed by atoms with van der Waals surface area (Å²) in [5.41, 5.74) is 2.78. The van der Waals surface area contributed by atoms with Crippen LogP contribution in [0.1, 0.15) is 35.8 Å². The van der Waals surface area contributed by atoms with Gasteiger partial charge in [-0.1, -0.05) is 12.1 Å². The van der Waals surface area contributed by atoms with E-state index in [1.807, 2.05) is 17.0 Å². The fourth-order valence-electron chi connectivity index (χ4n) is 3.91. The van der Waals surface area contributed by atoms with Crippen molar-refractivity contribution in [1.82, 2.24) is 25.1 Å². The van der Waals surface area contributed by atoms with E-state index in [1.165, 1.54) is 5.56 Å². The minimum Gasteiger partial charge on any atom is -0.493 e. The summed E-state index contributed by atoms with van der Waals surface area (Å²) >= 11 is 0. The summed E-state index contributed by atoms with van der Waals surface area (Å²) in [5, 5.41) is 8.24. The van der Waals surface area contributed by atoms with Crippen LogP contribution in [0, 0.1) is 0 Å². The first-order chi connectivity index (χ1) is 14.3. The third-order valence-electron chi connectivity index (χ3n) is 5.44. The number of aryl methyl sites for hydroxylation is 1. The monoisotopic (exact) mass is 391 g/mol. The average Bonchev–Trinajstić information content (AvgIpc) is 3.44. The van der Waals surface area contributed by atoms with Gasteiger partial charge >= 0.3 is 0 Å². The zero-order valence-corrected chi connectivity index (χ0v) is 16.0. The van der Waals surface area contributed by atoms with Crippen molar-refractivity contribution >= 4 is 5.91 Å². The number of ether oxygens (including phenoxy) is 1. The Balaban J connectivity index is 1.23. The first-order valence-corrected chi connectivity index (χ1v) is 9.88. The van der Waals surface area contributed by atoms with Crippen LogP contribution in [-0.4, -0.2) is 50.7 Å². The van der Waals surface area contributed by atoms with Gasteiger partial charge < -0.3 is 14.1 Å². The first-order valence-electron chi connectivity index (χ1n) is 9.88. The van der Waals surface area contributed by atoms with Crippen molar-refractivity contribution in [2.24, 2.45) is 0 Å². The number of benzene rings is 1. The van der Waals surface area contributed by atoms with Crippen molar-refractivity contribution in [2.75, 3.05) is 19.7 Å². The number of carbonyl (C=O) groups excluding carboxylic acids is 1. The van der Waals surface area contributed by atoms with Crippen molar-refractivity contribution in [3.63, 3.8) is 0 Å². The molecule has 148 valence electrons. The molecular weight excluding hydrogens is 370 g/mol. The van der Waals surface area contributed by atoms with Gasteiger partial charge in [-0.25, -0.2) is 4.98 Å². The Hall–Kier alpha value is -3.29. The van der Waals surface area contributed by atoms with Crippen molar-refractivity contribution in [3.05, 3.63) is 53.8 Å². The fourth-order valence-corrected chi connectivity index (χ4v) is 3.91. The highest BCUT2D eigenvalue weighted by Gasteiger charge is 2.31. The SMILES string of the molecule is O=C(Cc1ccc2c(c1)CCCO2)N1CC[C@H](c2nnc(-c3cnccn3)o2)C1. The number of hydrogen-bond acceptors (Lipinski definition) is 7. The van der Waals surface area contributed by atoms with E-state index in [1.54, 1.807) is 18.6 Å². The molecule has 29 heavy (non-hydrogen) atoms. The molecule has 2 aromatic heterocycles. The van der Waals surface area contributed by atoms with E-state index in [4.69, 9.17) is 9.15 Å². The van der Waals surface area contributed by atoms with E-state index in [2.05, 4.69) is 26.2 Å². The van der Waals surface area contributed by atoms with Crippen molar-refractivity contribution in [1.29, 1.82) is 0 Å². The smallest absolute Gasteiger partial charge is 0.267 e. The molecule has 5 rings (SSSR count). The third-order valence-corrected chi connectivity index (χ3v) is 5.44. The van der Waals surface area contributed by atoms with Crippen LogP contribution in [0.15, 0.2) is 41.2 Å². The predicted octanol–water partition coefficient (Wildman–Crippen LogP) is 2.41. The Labute approximate surface area is 167 Å². The molecule has 2 aliphatic heterocycles. The Morgan fingerprint density at radius 1 is 1.24 bits per heavy atom. The summed E-state index contributed by atoms with van der Waals surface area (Å²) in [7, 11) is 0. The number of amides is 1. The lowest BCUT2D eigenvalue weighted by molar-refractivity contribution is -0.129. The number of fused-ring (bicyclic) bond motifs is 1. The highest BCUT2D eigenvalue weighted by atomic mass is 16.5. The molecule has 8 heteroatoms. The number of nitrogens with zero attached hydrogens (tertiary/aromatic N) is 5. The van der Waals surface area contributed by atoms with Crippen LogP contribution in [0.25, 0.3) is 11.6 Å². The van der Waals surface area contributed by atoms with Gasteiger partial charge in [0.25, 0.3) is 5.89 Å². The molecular formula is C21H21N5O3. The van der Waals surface area contributed by atoms with E-state index < -0.39 is 0 Å². The van der Waals surface area contributed by atoms with Crippen LogP contribution in [0.3, 0.4) is 0 Å². The molecule has 8 nitrogen and oxygen atoms in total. The van der Waals surface area contributed by atoms with Gasteiger partial charge in [0, 0.05) is 25.5 Å². The summed E-state index contributed by atoms with van der Waals surface area (Å²) in [4.78, 5) is 22.9. The molecule has 3 aromatic rings. The second kappa shape index (κ2) is 7.62. The Morgan fingerprint density at radius 3 is 3.10 bits per heavy atom. The highest BCUT2D eigenvalue weighted by molar-refractivity contribution is 5.79. The molecule has 0 radical (unpaired) electrons. The van der Waals surface area contributed by atoms with Gasteiger partial charge in [0.2, 0.25) is 11.8 Å². The third kappa shape index (κ3) is 3.70. The lowest BCUT2D eigenvalue weighted by Gasteiger charge is -2.19. The van der Waals surface area contributed by atoms with E-state index in [0.29, 0.717) is 37.0 Å². The fraction of sp³-hybridized carbons (Fsp3) is 0.381. The van der Waals surface area contributed by atoms with Crippen LogP contribution >= 0.6 is 0 Å². The first kappa shape index (κ1) is 17.8. The molecule has 0 saturated carbocycles. The van der Waals surface area contributed by atoms with Crippen LogP contribution < -0.4 is 4.74 Å². The number of aromatic nitrogens is 4. The number of rotatable bonds is 4. The lowest BCUT2D eigenvalue weighted by atomic mass is 10.0. The molecule has 0 aliphatic carbocycles. The molecule has 0 N–H and O–H groups in total. The number of likely N-dealkylation sites (tertiary alicyclic amines) is 1. The second-order valence-corrected chi connectivity index (χ2v) is 7.43. The normalized spacial score (nSPS) is 18.3. The molecule has 0 bridgehead atoms. The van der Waals surface area contributed by atoms with E-state index in [0.717, 1.165) is 37.2 Å². The topological polar surface area (TPSA) is 94.2 Å². The Morgan fingerprint density at radius 2 is 2.21 bits per heavy atom. The Bertz CT molecular complexity index is 1020. The van der Waals surface area contributed by atoms with E-state index >= 15 is 0 Å². The van der Waals surface area contributed by atoms with Gasteiger partial charge in [0.15, 0.2) is 0 Å². The predicted molar refractivity (Wildman–Crippen MR) is 103 cm³/mol. The van der Waals surface area contributed by atoms with Gasteiger partial charge in [-0.05, 0) is 36.5 Å². The lowest BCUT2D eigenvalue weighted by Crippen LogP contribution is -2.30. The zero-order chi connectivity index (χ0) is 19.6. The van der Waals surface area contributed by atoms with E-state index in [9.17, 15) is 4.79 Å². The molecule has 1 atom stereocenters. The second-order valence-electron chi connectivity index (χ2n) is 7.43. The van der Waals surface area contributed by atoms with Crippen molar-refractivity contribution < 1.29 is 13.9 Å². The van der Waals surface area contributed by atoms with Crippen molar-refractivity contribution in [3.8, 4) is 17.3 Å². The molecule has 1 amide bonds. The molecule has 1 fully saturated rings. The molecule has 1 aromatic carbocycles. The van der Waals surface area contributed by atoms with E-state index in [-0.39, 0.29) is 11.8 Å².